The van der Waals surface area contributed by atoms with Crippen molar-refractivity contribution in [3.8, 4) is 0 Å². The molecule has 1 heterocycles. The minimum Gasteiger partial charge on any atom is -0.356 e. The van der Waals surface area contributed by atoms with E-state index in [0.717, 1.165) is 0 Å². The van der Waals surface area contributed by atoms with Crippen LogP contribution in [0.3, 0.4) is 0 Å². The van der Waals surface area contributed by atoms with Gasteiger partial charge in [0.1, 0.15) is 0 Å². The first kappa shape index (κ1) is 10.9. The summed E-state index contributed by atoms with van der Waals surface area (Å²) >= 11 is 0. The SMILES string of the molecule is Cc1ccccc1N1[C@@H](C)C=CC12CCCC2. The van der Waals surface area contributed by atoms with Gasteiger partial charge in [-0.05, 0) is 38.3 Å². The first-order valence-corrected chi connectivity index (χ1v) is 6.77. The third kappa shape index (κ3) is 1.60. The van der Waals surface area contributed by atoms with Crippen LogP contribution in [0.25, 0.3) is 0 Å². The van der Waals surface area contributed by atoms with Crippen molar-refractivity contribution in [1.82, 2.24) is 0 Å². The summed E-state index contributed by atoms with van der Waals surface area (Å²) in [5.74, 6) is 0. The molecule has 90 valence electrons. The van der Waals surface area contributed by atoms with E-state index in [-0.39, 0.29) is 0 Å². The quantitative estimate of drug-likeness (QED) is 0.654. The number of hydrogen-bond acceptors (Lipinski definition) is 1. The van der Waals surface area contributed by atoms with E-state index in [2.05, 4.69) is 55.2 Å². The van der Waals surface area contributed by atoms with E-state index in [9.17, 15) is 0 Å². The van der Waals surface area contributed by atoms with E-state index in [1.807, 2.05) is 0 Å². The van der Waals surface area contributed by atoms with Gasteiger partial charge in [-0.1, -0.05) is 43.2 Å². The van der Waals surface area contributed by atoms with Crippen molar-refractivity contribution in [2.24, 2.45) is 0 Å². The zero-order chi connectivity index (χ0) is 11.9. The van der Waals surface area contributed by atoms with E-state index in [1.54, 1.807) is 0 Å². The topological polar surface area (TPSA) is 3.24 Å². The number of para-hydroxylation sites is 1. The lowest BCUT2D eigenvalue weighted by Crippen LogP contribution is -2.45. The van der Waals surface area contributed by atoms with Crippen molar-refractivity contribution in [3.63, 3.8) is 0 Å². The van der Waals surface area contributed by atoms with Crippen LogP contribution in [0.4, 0.5) is 5.69 Å². The molecule has 1 heteroatoms. The number of benzene rings is 1. The molecule has 1 aliphatic carbocycles. The lowest BCUT2D eigenvalue weighted by Gasteiger charge is -2.40. The second-order valence-electron chi connectivity index (χ2n) is 5.57. The molecular formula is C16H21N. The van der Waals surface area contributed by atoms with Crippen molar-refractivity contribution in [2.45, 2.75) is 51.1 Å². The molecule has 2 aliphatic rings. The Labute approximate surface area is 104 Å². The van der Waals surface area contributed by atoms with Gasteiger partial charge in [0.15, 0.2) is 0 Å². The van der Waals surface area contributed by atoms with E-state index in [0.29, 0.717) is 11.6 Å². The molecule has 1 fully saturated rings. The predicted octanol–water partition coefficient (Wildman–Crippen LogP) is 4.07. The highest BCUT2D eigenvalue weighted by molar-refractivity contribution is 5.60. The van der Waals surface area contributed by atoms with Crippen molar-refractivity contribution in [2.75, 3.05) is 4.90 Å². The van der Waals surface area contributed by atoms with Crippen LogP contribution in [0.2, 0.25) is 0 Å². The molecule has 1 aliphatic heterocycles. The average molecular weight is 227 g/mol. The molecule has 1 nitrogen and oxygen atoms in total. The minimum atomic E-state index is 0.325. The summed E-state index contributed by atoms with van der Waals surface area (Å²) in [6.45, 7) is 4.54. The number of aryl methyl sites for hydroxylation is 1. The van der Waals surface area contributed by atoms with E-state index < -0.39 is 0 Å². The maximum atomic E-state index is 2.65. The third-order valence-electron chi connectivity index (χ3n) is 4.42. The summed E-state index contributed by atoms with van der Waals surface area (Å²) in [7, 11) is 0. The standard InChI is InChI=1S/C16H21N/c1-13-7-3-4-8-15(13)17-14(2)9-12-16(17)10-5-6-11-16/h3-4,7-9,12,14H,5-6,10-11H2,1-2H3/t14-/m0/s1. The van der Waals surface area contributed by atoms with Crippen molar-refractivity contribution < 1.29 is 0 Å². The Morgan fingerprint density at radius 1 is 1.18 bits per heavy atom. The van der Waals surface area contributed by atoms with Crippen LogP contribution in [-0.4, -0.2) is 11.6 Å². The van der Waals surface area contributed by atoms with E-state index >= 15 is 0 Å². The molecular weight excluding hydrogens is 206 g/mol. The summed E-state index contributed by atoms with van der Waals surface area (Å²) < 4.78 is 0. The highest BCUT2D eigenvalue weighted by atomic mass is 15.2. The smallest absolute Gasteiger partial charge is 0.0591 e. The van der Waals surface area contributed by atoms with Gasteiger partial charge in [-0.2, -0.15) is 0 Å². The summed E-state index contributed by atoms with van der Waals surface area (Å²) in [5.41, 5.74) is 3.15. The number of rotatable bonds is 1. The fourth-order valence-electron chi connectivity index (χ4n) is 3.58. The molecule has 0 bridgehead atoms. The normalized spacial score (nSPS) is 26.0. The van der Waals surface area contributed by atoms with Crippen molar-refractivity contribution in [3.05, 3.63) is 42.0 Å². The van der Waals surface area contributed by atoms with Crippen LogP contribution < -0.4 is 4.90 Å². The monoisotopic (exact) mass is 227 g/mol. The third-order valence-corrected chi connectivity index (χ3v) is 4.42. The second kappa shape index (κ2) is 3.90. The Kier molecular flexibility index (Phi) is 2.50. The highest BCUT2D eigenvalue weighted by Crippen LogP contribution is 2.44. The van der Waals surface area contributed by atoms with Gasteiger partial charge in [-0.25, -0.2) is 0 Å². The van der Waals surface area contributed by atoms with Crippen LogP contribution in [0.1, 0.15) is 38.2 Å². The maximum absolute atomic E-state index is 2.65. The van der Waals surface area contributed by atoms with Gasteiger partial charge in [0.2, 0.25) is 0 Å². The van der Waals surface area contributed by atoms with Gasteiger partial charge >= 0.3 is 0 Å². The average Bonchev–Trinajstić information content (AvgIpc) is 2.90. The van der Waals surface area contributed by atoms with Gasteiger partial charge in [-0.3, -0.25) is 0 Å². The number of hydrogen-bond donors (Lipinski definition) is 0. The van der Waals surface area contributed by atoms with Crippen LogP contribution in [0, 0.1) is 6.92 Å². The molecule has 0 unspecified atom stereocenters. The zero-order valence-electron chi connectivity index (χ0n) is 10.8. The minimum absolute atomic E-state index is 0.325. The molecule has 0 aromatic heterocycles. The van der Waals surface area contributed by atoms with Gasteiger partial charge < -0.3 is 4.90 Å². The Bertz CT molecular complexity index is 441. The fraction of sp³-hybridized carbons (Fsp3) is 0.500. The molecule has 0 radical (unpaired) electrons. The molecule has 1 atom stereocenters. The molecule has 1 aromatic rings. The Morgan fingerprint density at radius 3 is 2.59 bits per heavy atom. The number of anilines is 1. The number of nitrogens with zero attached hydrogens (tertiary/aromatic N) is 1. The summed E-state index contributed by atoms with van der Waals surface area (Å²) in [6.07, 6.45) is 10.2. The van der Waals surface area contributed by atoms with E-state index in [4.69, 9.17) is 0 Å². The largest absolute Gasteiger partial charge is 0.356 e. The van der Waals surface area contributed by atoms with Crippen LogP contribution in [0.15, 0.2) is 36.4 Å². The van der Waals surface area contributed by atoms with Crippen LogP contribution in [0.5, 0.6) is 0 Å². The zero-order valence-corrected chi connectivity index (χ0v) is 10.8. The lowest BCUT2D eigenvalue weighted by molar-refractivity contribution is 0.493. The highest BCUT2D eigenvalue weighted by Gasteiger charge is 2.42. The summed E-state index contributed by atoms with van der Waals surface area (Å²) in [6, 6.07) is 9.33. The molecule has 3 rings (SSSR count). The van der Waals surface area contributed by atoms with Crippen molar-refractivity contribution in [1.29, 1.82) is 0 Å². The summed E-state index contributed by atoms with van der Waals surface area (Å²) in [5, 5.41) is 0. The first-order chi connectivity index (χ1) is 8.23. The van der Waals surface area contributed by atoms with Crippen LogP contribution >= 0.6 is 0 Å². The van der Waals surface area contributed by atoms with Gasteiger partial charge in [0.25, 0.3) is 0 Å². The second-order valence-corrected chi connectivity index (χ2v) is 5.57. The summed E-state index contributed by atoms with van der Waals surface area (Å²) in [4.78, 5) is 2.65. The first-order valence-electron chi connectivity index (χ1n) is 6.77. The fourth-order valence-corrected chi connectivity index (χ4v) is 3.58. The Balaban J connectivity index is 2.04. The van der Waals surface area contributed by atoms with E-state index in [1.165, 1.54) is 36.9 Å². The van der Waals surface area contributed by atoms with Crippen molar-refractivity contribution >= 4 is 5.69 Å². The Morgan fingerprint density at radius 2 is 1.88 bits per heavy atom. The molecule has 0 N–H and O–H groups in total. The molecule has 0 saturated heterocycles. The molecule has 17 heavy (non-hydrogen) atoms. The maximum Gasteiger partial charge on any atom is 0.0591 e. The molecule has 1 aromatic carbocycles. The van der Waals surface area contributed by atoms with Gasteiger partial charge in [0, 0.05) is 11.7 Å². The predicted molar refractivity (Wildman–Crippen MR) is 73.5 cm³/mol. The molecule has 1 spiro atoms. The lowest BCUT2D eigenvalue weighted by atomic mass is 9.95. The molecule has 0 amide bonds. The van der Waals surface area contributed by atoms with Crippen LogP contribution in [-0.2, 0) is 0 Å². The van der Waals surface area contributed by atoms with Gasteiger partial charge in [-0.15, -0.1) is 0 Å². The molecule has 1 saturated carbocycles. The Hall–Kier alpha value is -1.24. The van der Waals surface area contributed by atoms with Gasteiger partial charge in [0.05, 0.1) is 5.54 Å².